The van der Waals surface area contributed by atoms with Gasteiger partial charge in [-0.3, -0.25) is 4.68 Å². The summed E-state index contributed by atoms with van der Waals surface area (Å²) in [6.45, 7) is 1.89. The number of hydrogen-bond donors (Lipinski definition) is 1. The van der Waals surface area contributed by atoms with Crippen molar-refractivity contribution in [3.63, 3.8) is 0 Å². The molecule has 88 valence electrons. The van der Waals surface area contributed by atoms with Crippen LogP contribution in [0.3, 0.4) is 0 Å². The SMILES string of the molecule is Cc1nn(C)c(Sc2ccccc2)c1C=NO. The number of hydrogen-bond acceptors (Lipinski definition) is 4. The van der Waals surface area contributed by atoms with Crippen LogP contribution in [0.15, 0.2) is 45.4 Å². The van der Waals surface area contributed by atoms with Crippen molar-refractivity contribution in [3.05, 3.63) is 41.6 Å². The van der Waals surface area contributed by atoms with Crippen LogP contribution in [0.4, 0.5) is 0 Å². The average molecular weight is 247 g/mol. The third kappa shape index (κ3) is 2.50. The van der Waals surface area contributed by atoms with Crippen LogP contribution >= 0.6 is 11.8 Å². The van der Waals surface area contributed by atoms with E-state index >= 15 is 0 Å². The van der Waals surface area contributed by atoms with Gasteiger partial charge in [0.2, 0.25) is 0 Å². The quantitative estimate of drug-likeness (QED) is 0.515. The van der Waals surface area contributed by atoms with E-state index in [1.807, 2.05) is 44.3 Å². The van der Waals surface area contributed by atoms with Crippen molar-refractivity contribution in [2.45, 2.75) is 16.8 Å². The molecule has 0 saturated heterocycles. The molecule has 2 aromatic rings. The molecule has 0 aliphatic carbocycles. The van der Waals surface area contributed by atoms with E-state index in [-0.39, 0.29) is 0 Å². The molecule has 0 spiro atoms. The van der Waals surface area contributed by atoms with Gasteiger partial charge in [-0.25, -0.2) is 0 Å². The summed E-state index contributed by atoms with van der Waals surface area (Å²) in [6, 6.07) is 10.0. The highest BCUT2D eigenvalue weighted by atomic mass is 32.2. The Bertz CT molecular complexity index is 534. The van der Waals surface area contributed by atoms with Gasteiger partial charge in [-0.15, -0.1) is 0 Å². The van der Waals surface area contributed by atoms with Gasteiger partial charge >= 0.3 is 0 Å². The first-order valence-electron chi connectivity index (χ1n) is 5.16. The summed E-state index contributed by atoms with van der Waals surface area (Å²) in [5.41, 5.74) is 1.70. The summed E-state index contributed by atoms with van der Waals surface area (Å²) in [6.07, 6.45) is 1.42. The van der Waals surface area contributed by atoms with Crippen LogP contribution < -0.4 is 0 Å². The molecule has 0 bridgehead atoms. The van der Waals surface area contributed by atoms with Crippen molar-refractivity contribution in [2.24, 2.45) is 12.2 Å². The molecule has 1 aromatic heterocycles. The molecule has 2 rings (SSSR count). The molecular formula is C12H13N3OS. The molecule has 4 nitrogen and oxygen atoms in total. The standard InChI is InChI=1S/C12H13N3OS/c1-9-11(8-13-16)12(15(2)14-9)17-10-6-4-3-5-7-10/h3-8,16H,1-2H3. The minimum atomic E-state index is 0.851. The summed E-state index contributed by atoms with van der Waals surface area (Å²) in [7, 11) is 1.88. The topological polar surface area (TPSA) is 50.4 Å². The second kappa shape index (κ2) is 5.05. The van der Waals surface area contributed by atoms with Gasteiger partial charge in [-0.1, -0.05) is 35.1 Å². The third-order valence-corrected chi connectivity index (χ3v) is 3.54. The molecule has 1 aromatic carbocycles. The summed E-state index contributed by atoms with van der Waals surface area (Å²) < 4.78 is 1.80. The van der Waals surface area contributed by atoms with Gasteiger partial charge in [0.15, 0.2) is 0 Å². The number of aryl methyl sites for hydroxylation is 2. The van der Waals surface area contributed by atoms with E-state index in [1.165, 1.54) is 6.21 Å². The predicted molar refractivity (Wildman–Crippen MR) is 67.9 cm³/mol. The monoisotopic (exact) mass is 247 g/mol. The molecule has 0 saturated carbocycles. The van der Waals surface area contributed by atoms with E-state index in [0.29, 0.717) is 0 Å². The van der Waals surface area contributed by atoms with Gasteiger partial charge in [0.05, 0.1) is 17.5 Å². The fourth-order valence-electron chi connectivity index (χ4n) is 1.58. The lowest BCUT2D eigenvalue weighted by molar-refractivity contribution is 0.321. The molecule has 0 aliphatic heterocycles. The molecule has 0 aliphatic rings. The van der Waals surface area contributed by atoms with E-state index in [2.05, 4.69) is 10.3 Å². The number of aromatic nitrogens is 2. The average Bonchev–Trinajstić information content (AvgIpc) is 2.58. The van der Waals surface area contributed by atoms with Gasteiger partial charge in [0.1, 0.15) is 5.03 Å². The molecule has 1 N–H and O–H groups in total. The second-order valence-corrected chi connectivity index (χ2v) is 4.65. The highest BCUT2D eigenvalue weighted by Crippen LogP contribution is 2.30. The zero-order valence-electron chi connectivity index (χ0n) is 9.66. The van der Waals surface area contributed by atoms with Crippen LogP contribution in [0.25, 0.3) is 0 Å². The molecule has 17 heavy (non-hydrogen) atoms. The number of nitrogens with zero attached hydrogens (tertiary/aromatic N) is 3. The maximum Gasteiger partial charge on any atom is 0.108 e. The minimum absolute atomic E-state index is 0.851. The van der Waals surface area contributed by atoms with Crippen molar-refractivity contribution in [2.75, 3.05) is 0 Å². The molecule has 5 heteroatoms. The molecule has 0 atom stereocenters. The van der Waals surface area contributed by atoms with E-state index in [1.54, 1.807) is 16.4 Å². The van der Waals surface area contributed by atoms with Gasteiger partial charge in [0, 0.05) is 11.9 Å². The minimum Gasteiger partial charge on any atom is -0.411 e. The maximum absolute atomic E-state index is 8.67. The van der Waals surface area contributed by atoms with Crippen molar-refractivity contribution >= 4 is 18.0 Å². The Kier molecular flexibility index (Phi) is 3.49. The van der Waals surface area contributed by atoms with Crippen LogP contribution in [0, 0.1) is 6.92 Å². The molecular weight excluding hydrogens is 234 g/mol. The van der Waals surface area contributed by atoms with Crippen LogP contribution in [-0.4, -0.2) is 21.2 Å². The van der Waals surface area contributed by atoms with E-state index in [4.69, 9.17) is 5.21 Å². The van der Waals surface area contributed by atoms with Crippen LogP contribution in [0.2, 0.25) is 0 Å². The molecule has 0 amide bonds. The summed E-state index contributed by atoms with van der Waals surface area (Å²) in [5.74, 6) is 0. The van der Waals surface area contributed by atoms with E-state index in [0.717, 1.165) is 21.2 Å². The largest absolute Gasteiger partial charge is 0.411 e. The van der Waals surface area contributed by atoms with Gasteiger partial charge < -0.3 is 5.21 Å². The summed E-state index contributed by atoms with van der Waals surface area (Å²) in [5, 5.41) is 17.0. The van der Waals surface area contributed by atoms with Crippen molar-refractivity contribution in [1.82, 2.24) is 9.78 Å². The Labute approximate surface area is 104 Å². The Morgan fingerprint density at radius 1 is 1.35 bits per heavy atom. The predicted octanol–water partition coefficient (Wildman–Crippen LogP) is 2.69. The van der Waals surface area contributed by atoms with Crippen LogP contribution in [0.5, 0.6) is 0 Å². The van der Waals surface area contributed by atoms with Gasteiger partial charge in [-0.05, 0) is 19.1 Å². The summed E-state index contributed by atoms with van der Waals surface area (Å²) >= 11 is 1.60. The number of benzene rings is 1. The Hall–Kier alpha value is -1.75. The van der Waals surface area contributed by atoms with Crippen LogP contribution in [-0.2, 0) is 7.05 Å². The number of oxime groups is 1. The molecule has 0 unspecified atom stereocenters. The van der Waals surface area contributed by atoms with Crippen molar-refractivity contribution in [3.8, 4) is 0 Å². The van der Waals surface area contributed by atoms with Crippen molar-refractivity contribution in [1.29, 1.82) is 0 Å². The zero-order chi connectivity index (χ0) is 12.3. The Morgan fingerprint density at radius 2 is 2.06 bits per heavy atom. The van der Waals surface area contributed by atoms with Gasteiger partial charge in [-0.2, -0.15) is 5.10 Å². The lowest BCUT2D eigenvalue weighted by atomic mass is 10.3. The first-order valence-corrected chi connectivity index (χ1v) is 5.98. The fourth-order valence-corrected chi connectivity index (χ4v) is 2.58. The molecule has 0 radical (unpaired) electrons. The molecule has 1 heterocycles. The number of rotatable bonds is 3. The fraction of sp³-hybridized carbons (Fsp3) is 0.167. The normalized spacial score (nSPS) is 11.2. The summed E-state index contributed by atoms with van der Waals surface area (Å²) in [4.78, 5) is 1.13. The molecule has 0 fully saturated rings. The van der Waals surface area contributed by atoms with E-state index in [9.17, 15) is 0 Å². The van der Waals surface area contributed by atoms with E-state index < -0.39 is 0 Å². The Balaban J connectivity index is 2.38. The van der Waals surface area contributed by atoms with Gasteiger partial charge in [0.25, 0.3) is 0 Å². The Morgan fingerprint density at radius 3 is 2.71 bits per heavy atom. The second-order valence-electron chi connectivity index (χ2n) is 3.59. The maximum atomic E-state index is 8.67. The van der Waals surface area contributed by atoms with Crippen molar-refractivity contribution < 1.29 is 5.21 Å². The highest BCUT2D eigenvalue weighted by molar-refractivity contribution is 7.99. The lowest BCUT2D eigenvalue weighted by Gasteiger charge is -2.02. The highest BCUT2D eigenvalue weighted by Gasteiger charge is 2.12. The third-order valence-electron chi connectivity index (χ3n) is 2.36. The first-order chi connectivity index (χ1) is 8.22. The zero-order valence-corrected chi connectivity index (χ0v) is 10.5. The lowest BCUT2D eigenvalue weighted by Crippen LogP contribution is -1.93. The smallest absolute Gasteiger partial charge is 0.108 e. The first kappa shape index (κ1) is 11.7. The van der Waals surface area contributed by atoms with Crippen LogP contribution in [0.1, 0.15) is 11.3 Å².